The number of benzene rings is 8. The van der Waals surface area contributed by atoms with Gasteiger partial charge in [-0.15, -0.1) is 0 Å². The SMILES string of the molecule is c1ccc(-c2ccc(-c3nc(-c4ccccc4)nc(-c4ccc5oc6c7c(ccc6c5c4)C4(c5ccccc5S7)c5ccccc5-c5ccccc54)n3)cc2)cc1. The molecule has 4 nitrogen and oxygen atoms in total. The molecule has 0 unspecified atom stereocenters. The molecule has 1 aliphatic carbocycles. The van der Waals surface area contributed by atoms with Crippen LogP contribution in [0.1, 0.15) is 22.3 Å². The lowest BCUT2D eigenvalue weighted by atomic mass is 9.67. The van der Waals surface area contributed by atoms with Crippen molar-refractivity contribution < 1.29 is 4.42 Å². The topological polar surface area (TPSA) is 51.8 Å². The van der Waals surface area contributed by atoms with Gasteiger partial charge in [-0.05, 0) is 68.8 Å². The zero-order chi connectivity index (χ0) is 37.5. The van der Waals surface area contributed by atoms with E-state index in [1.165, 1.54) is 43.8 Å². The summed E-state index contributed by atoms with van der Waals surface area (Å²) in [6.45, 7) is 0. The summed E-state index contributed by atoms with van der Waals surface area (Å²) in [6, 6.07) is 66.6. The largest absolute Gasteiger partial charge is 0.455 e. The lowest BCUT2D eigenvalue weighted by Crippen LogP contribution is -2.31. The van der Waals surface area contributed by atoms with Gasteiger partial charge in [0.05, 0.1) is 10.3 Å². The van der Waals surface area contributed by atoms with Gasteiger partial charge in [-0.3, -0.25) is 0 Å². The highest BCUT2D eigenvalue weighted by molar-refractivity contribution is 7.99. The average Bonchev–Trinajstić information content (AvgIpc) is 3.81. The van der Waals surface area contributed by atoms with Crippen LogP contribution in [-0.4, -0.2) is 15.0 Å². The molecule has 0 atom stereocenters. The summed E-state index contributed by atoms with van der Waals surface area (Å²) in [5.74, 6) is 1.87. The van der Waals surface area contributed by atoms with E-state index < -0.39 is 5.41 Å². The number of rotatable bonds is 4. The molecule has 12 rings (SSSR count). The van der Waals surface area contributed by atoms with Gasteiger partial charge in [-0.2, -0.15) is 0 Å². The summed E-state index contributed by atoms with van der Waals surface area (Å²) in [5.41, 5.74) is 14.1. The third kappa shape index (κ3) is 4.79. The molecule has 0 N–H and O–H groups in total. The predicted octanol–water partition coefficient (Wildman–Crippen LogP) is 13.3. The van der Waals surface area contributed by atoms with E-state index >= 15 is 0 Å². The number of hydrogen-bond donors (Lipinski definition) is 0. The molecule has 3 heterocycles. The fraction of sp³-hybridized carbons (Fsp3) is 0.0192. The van der Waals surface area contributed by atoms with E-state index in [1.54, 1.807) is 0 Å². The molecule has 0 radical (unpaired) electrons. The Morgan fingerprint density at radius 1 is 0.386 bits per heavy atom. The van der Waals surface area contributed by atoms with Crippen molar-refractivity contribution in [3.63, 3.8) is 0 Å². The van der Waals surface area contributed by atoms with Crippen LogP contribution in [0.2, 0.25) is 0 Å². The van der Waals surface area contributed by atoms with Crippen molar-refractivity contribution in [1.82, 2.24) is 15.0 Å². The molecule has 0 bridgehead atoms. The highest BCUT2D eigenvalue weighted by Crippen LogP contribution is 2.63. The summed E-state index contributed by atoms with van der Waals surface area (Å²) in [6.07, 6.45) is 0. The lowest BCUT2D eigenvalue weighted by Gasteiger charge is -2.39. The maximum absolute atomic E-state index is 6.90. The second-order valence-corrected chi connectivity index (χ2v) is 15.7. The number of hydrogen-bond acceptors (Lipinski definition) is 5. The van der Waals surface area contributed by atoms with Crippen LogP contribution in [-0.2, 0) is 5.41 Å². The first kappa shape index (κ1) is 32.2. The van der Waals surface area contributed by atoms with Crippen molar-refractivity contribution in [3.05, 3.63) is 210 Å². The van der Waals surface area contributed by atoms with E-state index in [9.17, 15) is 0 Å². The maximum atomic E-state index is 6.90. The van der Waals surface area contributed by atoms with Crippen molar-refractivity contribution in [2.75, 3.05) is 0 Å². The zero-order valence-corrected chi connectivity index (χ0v) is 31.4. The molecule has 0 saturated carbocycles. The first-order valence-electron chi connectivity index (χ1n) is 19.2. The number of fused-ring (bicyclic) bond motifs is 13. The minimum absolute atomic E-state index is 0.461. The van der Waals surface area contributed by atoms with E-state index in [0.717, 1.165) is 49.1 Å². The fourth-order valence-corrected chi connectivity index (χ4v) is 10.4. The molecule has 1 aliphatic heterocycles. The Morgan fingerprint density at radius 2 is 0.895 bits per heavy atom. The first-order valence-corrected chi connectivity index (χ1v) is 20.0. The Balaban J connectivity index is 1.03. The maximum Gasteiger partial charge on any atom is 0.164 e. The Morgan fingerprint density at radius 3 is 1.58 bits per heavy atom. The van der Waals surface area contributed by atoms with Crippen LogP contribution in [0.25, 0.3) is 78.4 Å². The van der Waals surface area contributed by atoms with E-state index in [4.69, 9.17) is 19.4 Å². The molecule has 0 fully saturated rings. The number of aromatic nitrogens is 3. The molecule has 266 valence electrons. The quantitative estimate of drug-likeness (QED) is 0.180. The molecule has 8 aromatic carbocycles. The minimum atomic E-state index is -0.461. The molecule has 1 spiro atoms. The highest BCUT2D eigenvalue weighted by atomic mass is 32.2. The standard InChI is InChI=1S/C52H31N3OS/c1-3-13-32(14-4-1)33-23-25-35(26-24-33)50-53-49(34-15-5-2-6-16-34)54-51(55-50)36-27-30-45-40(31-36)39-28-29-44-48(47(39)56-45)57-46-22-12-11-21-43(46)52(44)41-19-9-7-17-37(41)38-18-8-10-20-42(38)52/h1-31H. The van der Waals surface area contributed by atoms with Gasteiger partial charge in [0, 0.05) is 32.4 Å². The molecule has 0 saturated heterocycles. The molecule has 5 heteroatoms. The molecular weight excluding hydrogens is 715 g/mol. The van der Waals surface area contributed by atoms with E-state index in [-0.39, 0.29) is 0 Å². The van der Waals surface area contributed by atoms with E-state index in [2.05, 4.69) is 152 Å². The summed E-state index contributed by atoms with van der Waals surface area (Å²) < 4.78 is 6.90. The Labute approximate surface area is 333 Å². The highest BCUT2D eigenvalue weighted by Gasteiger charge is 2.50. The predicted molar refractivity (Wildman–Crippen MR) is 230 cm³/mol. The van der Waals surface area contributed by atoms with Gasteiger partial charge in [0.2, 0.25) is 0 Å². The van der Waals surface area contributed by atoms with Gasteiger partial charge in [-0.1, -0.05) is 176 Å². The van der Waals surface area contributed by atoms with Gasteiger partial charge in [0.25, 0.3) is 0 Å². The summed E-state index contributed by atoms with van der Waals surface area (Å²) in [7, 11) is 0. The van der Waals surface area contributed by atoms with Crippen molar-refractivity contribution >= 4 is 33.7 Å². The second-order valence-electron chi connectivity index (χ2n) is 14.7. The molecule has 57 heavy (non-hydrogen) atoms. The van der Waals surface area contributed by atoms with Gasteiger partial charge in [0.1, 0.15) is 11.2 Å². The minimum Gasteiger partial charge on any atom is -0.455 e. The van der Waals surface area contributed by atoms with Crippen LogP contribution >= 0.6 is 11.8 Å². The monoisotopic (exact) mass is 745 g/mol. The Kier molecular flexibility index (Phi) is 7.04. The zero-order valence-electron chi connectivity index (χ0n) is 30.6. The van der Waals surface area contributed by atoms with Crippen LogP contribution in [0, 0.1) is 0 Å². The fourth-order valence-electron chi connectivity index (χ4n) is 9.08. The normalized spacial score (nSPS) is 13.3. The van der Waals surface area contributed by atoms with Crippen molar-refractivity contribution in [2.45, 2.75) is 15.2 Å². The van der Waals surface area contributed by atoms with Gasteiger partial charge >= 0.3 is 0 Å². The van der Waals surface area contributed by atoms with Crippen molar-refractivity contribution in [3.8, 4) is 56.4 Å². The summed E-state index contributed by atoms with van der Waals surface area (Å²) in [4.78, 5) is 17.6. The van der Waals surface area contributed by atoms with Crippen LogP contribution in [0.4, 0.5) is 0 Å². The van der Waals surface area contributed by atoms with E-state index in [0.29, 0.717) is 17.5 Å². The third-order valence-electron chi connectivity index (χ3n) is 11.6. The van der Waals surface area contributed by atoms with Crippen molar-refractivity contribution in [1.29, 1.82) is 0 Å². The Hall–Kier alpha value is -7.08. The van der Waals surface area contributed by atoms with Gasteiger partial charge < -0.3 is 4.42 Å². The molecular formula is C52H31N3OS. The van der Waals surface area contributed by atoms with Crippen LogP contribution in [0.15, 0.2) is 202 Å². The smallest absolute Gasteiger partial charge is 0.164 e. The number of furan rings is 1. The second kappa shape index (κ2) is 12.5. The number of nitrogens with zero attached hydrogens (tertiary/aromatic N) is 3. The average molecular weight is 746 g/mol. The van der Waals surface area contributed by atoms with Crippen LogP contribution < -0.4 is 0 Å². The van der Waals surface area contributed by atoms with Crippen LogP contribution in [0.5, 0.6) is 0 Å². The molecule has 2 aromatic heterocycles. The molecule has 0 amide bonds. The summed E-state index contributed by atoms with van der Waals surface area (Å²) >= 11 is 1.81. The van der Waals surface area contributed by atoms with Gasteiger partial charge in [-0.25, -0.2) is 15.0 Å². The molecule has 10 aromatic rings. The van der Waals surface area contributed by atoms with Crippen LogP contribution in [0.3, 0.4) is 0 Å². The third-order valence-corrected chi connectivity index (χ3v) is 12.8. The van der Waals surface area contributed by atoms with E-state index in [1.807, 2.05) is 48.2 Å². The van der Waals surface area contributed by atoms with Gasteiger partial charge in [0.15, 0.2) is 17.5 Å². The first-order chi connectivity index (χ1) is 28.2. The molecule has 2 aliphatic rings. The Bertz CT molecular complexity index is 3160. The van der Waals surface area contributed by atoms with Crippen molar-refractivity contribution in [2.24, 2.45) is 0 Å². The lowest BCUT2D eigenvalue weighted by molar-refractivity contribution is 0.649. The summed E-state index contributed by atoms with van der Waals surface area (Å²) in [5, 5.41) is 2.10.